The molecule has 0 radical (unpaired) electrons. The average molecular weight is 508 g/mol. The first-order chi connectivity index (χ1) is 16.6. The molecule has 1 N–H and O–H groups in total. The van der Waals surface area contributed by atoms with Crippen LogP contribution in [0.5, 0.6) is 0 Å². The fourth-order valence-corrected chi connectivity index (χ4v) is 4.80. The molecule has 3 heterocycles. The Hall–Kier alpha value is -2.33. The van der Waals surface area contributed by atoms with Crippen LogP contribution < -0.4 is 5.32 Å². The van der Waals surface area contributed by atoms with E-state index < -0.39 is 17.8 Å². The summed E-state index contributed by atoms with van der Waals surface area (Å²) < 4.78 is 30.6. The number of hydrogen-bond acceptors (Lipinski definition) is 8. The summed E-state index contributed by atoms with van der Waals surface area (Å²) in [5.74, 6) is -0.426. The number of carbonyl (C=O) groups excluding carboxylic acids is 1. The Morgan fingerprint density at radius 2 is 2.26 bits per heavy atom. The second-order valence-electron chi connectivity index (χ2n) is 7.89. The van der Waals surface area contributed by atoms with Crippen LogP contribution in [0.4, 0.5) is 4.39 Å². The molecule has 10 heteroatoms. The molecule has 1 saturated heterocycles. The molecule has 2 aliphatic rings. The van der Waals surface area contributed by atoms with Crippen molar-refractivity contribution in [2.45, 2.75) is 51.4 Å². The smallest absolute Gasteiger partial charge is 0.338 e. The Bertz CT molecular complexity index is 1050. The van der Waals surface area contributed by atoms with Crippen molar-refractivity contribution < 1.29 is 23.4 Å². The van der Waals surface area contributed by atoms with Crippen molar-refractivity contribution in [2.24, 2.45) is 4.99 Å². The second-order valence-corrected chi connectivity index (χ2v) is 9.19. The highest BCUT2D eigenvalue weighted by atomic mass is 35.5. The predicted molar refractivity (Wildman–Crippen MR) is 128 cm³/mol. The van der Waals surface area contributed by atoms with Crippen molar-refractivity contribution in [1.82, 2.24) is 10.3 Å². The summed E-state index contributed by atoms with van der Waals surface area (Å²) in [6.45, 7) is 3.16. The Kier molecular flexibility index (Phi) is 8.66. The first-order valence-corrected chi connectivity index (χ1v) is 12.7. The molecule has 2 aromatic rings. The van der Waals surface area contributed by atoms with Crippen LogP contribution in [-0.2, 0) is 19.0 Å². The molecule has 0 amide bonds. The first kappa shape index (κ1) is 24.8. The number of allylic oxidation sites excluding steroid dienone is 1. The van der Waals surface area contributed by atoms with E-state index in [1.807, 2.05) is 5.38 Å². The lowest BCUT2D eigenvalue weighted by molar-refractivity contribution is -0.162. The summed E-state index contributed by atoms with van der Waals surface area (Å²) in [5, 5.41) is 6.00. The minimum Gasteiger partial charge on any atom is -0.463 e. The Morgan fingerprint density at radius 3 is 2.97 bits per heavy atom. The first-order valence-electron chi connectivity index (χ1n) is 11.4. The van der Waals surface area contributed by atoms with E-state index in [-0.39, 0.29) is 17.9 Å². The van der Waals surface area contributed by atoms with Gasteiger partial charge in [-0.05, 0) is 51.2 Å². The molecule has 2 atom stereocenters. The Balaban J connectivity index is 1.63. The van der Waals surface area contributed by atoms with Crippen LogP contribution in [0.15, 0.2) is 46.0 Å². The van der Waals surface area contributed by atoms with Gasteiger partial charge in [-0.25, -0.2) is 14.2 Å². The van der Waals surface area contributed by atoms with E-state index in [4.69, 9.17) is 30.8 Å². The quantitative estimate of drug-likeness (QED) is 0.372. The fourth-order valence-electron chi connectivity index (χ4n) is 3.95. The maximum Gasteiger partial charge on any atom is 0.338 e. The van der Waals surface area contributed by atoms with Crippen LogP contribution in [0.25, 0.3) is 0 Å². The monoisotopic (exact) mass is 507 g/mol. The number of benzene rings is 1. The molecule has 0 saturated carbocycles. The SMILES string of the molecule is CCOC(=O)C1=C(CCCOC2CCCCO2)NC(c2nccs2)=NC1c1ccc(F)cc1Cl. The molecule has 1 aromatic heterocycles. The molecular weight excluding hydrogens is 481 g/mol. The van der Waals surface area contributed by atoms with Gasteiger partial charge in [-0.15, -0.1) is 11.3 Å². The molecule has 4 rings (SSSR count). The van der Waals surface area contributed by atoms with Gasteiger partial charge < -0.3 is 19.5 Å². The van der Waals surface area contributed by atoms with Gasteiger partial charge in [0.25, 0.3) is 0 Å². The lowest BCUT2D eigenvalue weighted by Gasteiger charge is -2.28. The number of ether oxygens (including phenoxy) is 3. The molecular formula is C24H27ClFN3O4S. The fraction of sp³-hybridized carbons (Fsp3) is 0.458. The zero-order valence-corrected chi connectivity index (χ0v) is 20.5. The number of hydrogen-bond donors (Lipinski definition) is 1. The van der Waals surface area contributed by atoms with E-state index in [2.05, 4.69) is 10.3 Å². The van der Waals surface area contributed by atoms with Crippen LogP contribution in [0.1, 0.15) is 55.6 Å². The maximum absolute atomic E-state index is 13.8. The number of thiazole rings is 1. The topological polar surface area (TPSA) is 82.0 Å². The zero-order valence-electron chi connectivity index (χ0n) is 18.9. The highest BCUT2D eigenvalue weighted by molar-refractivity contribution is 7.11. The van der Waals surface area contributed by atoms with E-state index in [0.29, 0.717) is 47.1 Å². The Labute approximate surface area is 207 Å². The summed E-state index contributed by atoms with van der Waals surface area (Å²) in [5.41, 5.74) is 1.54. The lowest BCUT2D eigenvalue weighted by atomic mass is 9.94. The molecule has 0 spiro atoms. The van der Waals surface area contributed by atoms with Crippen LogP contribution >= 0.6 is 22.9 Å². The number of nitrogens with zero attached hydrogens (tertiary/aromatic N) is 2. The molecule has 2 unspecified atom stereocenters. The summed E-state index contributed by atoms with van der Waals surface area (Å²) in [7, 11) is 0. The maximum atomic E-state index is 13.8. The van der Waals surface area contributed by atoms with Gasteiger partial charge in [-0.2, -0.15) is 0 Å². The molecule has 1 aromatic carbocycles. The minimum atomic E-state index is -0.759. The standard InChI is InChI=1S/C24H27ClFN3O4S/c1-2-31-24(30)20-18(6-5-12-33-19-7-3-4-11-32-19)28-22(23-27-10-13-34-23)29-21(20)16-9-8-15(26)14-17(16)25/h8-10,13-14,19,21H,2-7,11-12H2,1H3,(H,28,29). The summed E-state index contributed by atoms with van der Waals surface area (Å²) in [6.07, 6.45) is 5.72. The van der Waals surface area contributed by atoms with Crippen molar-refractivity contribution in [3.63, 3.8) is 0 Å². The molecule has 0 aliphatic carbocycles. The molecule has 1 fully saturated rings. The van der Waals surface area contributed by atoms with E-state index in [0.717, 1.165) is 25.9 Å². The molecule has 2 aliphatic heterocycles. The average Bonchev–Trinajstić information content (AvgIpc) is 3.37. The third-order valence-electron chi connectivity index (χ3n) is 5.53. The number of esters is 1. The van der Waals surface area contributed by atoms with Gasteiger partial charge >= 0.3 is 5.97 Å². The Morgan fingerprint density at radius 1 is 1.38 bits per heavy atom. The van der Waals surface area contributed by atoms with Crippen molar-refractivity contribution in [3.8, 4) is 0 Å². The van der Waals surface area contributed by atoms with Crippen molar-refractivity contribution in [1.29, 1.82) is 0 Å². The number of halogens is 2. The van der Waals surface area contributed by atoms with Gasteiger partial charge in [0.15, 0.2) is 17.1 Å². The van der Waals surface area contributed by atoms with Crippen LogP contribution in [0, 0.1) is 5.82 Å². The normalized spacial score (nSPS) is 20.6. The highest BCUT2D eigenvalue weighted by Crippen LogP contribution is 2.37. The summed E-state index contributed by atoms with van der Waals surface area (Å²) >= 11 is 7.82. The number of aliphatic imine (C=N–C) groups is 1. The van der Waals surface area contributed by atoms with Crippen LogP contribution in [0.2, 0.25) is 5.02 Å². The van der Waals surface area contributed by atoms with Crippen molar-refractivity contribution in [3.05, 3.63) is 62.5 Å². The number of amidine groups is 1. The summed E-state index contributed by atoms with van der Waals surface area (Å²) in [4.78, 5) is 22.2. The number of nitrogens with one attached hydrogen (secondary N) is 1. The number of rotatable bonds is 9. The van der Waals surface area contributed by atoms with Gasteiger partial charge in [-0.3, -0.25) is 4.99 Å². The van der Waals surface area contributed by atoms with Crippen LogP contribution in [0.3, 0.4) is 0 Å². The van der Waals surface area contributed by atoms with Gasteiger partial charge in [0.05, 0.1) is 18.8 Å². The van der Waals surface area contributed by atoms with Gasteiger partial charge in [0.2, 0.25) is 0 Å². The predicted octanol–water partition coefficient (Wildman–Crippen LogP) is 5.17. The zero-order chi connectivity index (χ0) is 23.9. The van der Waals surface area contributed by atoms with Crippen molar-refractivity contribution >= 4 is 34.7 Å². The minimum absolute atomic E-state index is 0.176. The van der Waals surface area contributed by atoms with Gasteiger partial charge in [0, 0.05) is 34.5 Å². The van der Waals surface area contributed by atoms with Gasteiger partial charge in [0.1, 0.15) is 11.9 Å². The molecule has 7 nitrogen and oxygen atoms in total. The van der Waals surface area contributed by atoms with E-state index in [1.54, 1.807) is 19.2 Å². The second kappa shape index (κ2) is 11.9. The lowest BCUT2D eigenvalue weighted by Crippen LogP contribution is -2.34. The molecule has 34 heavy (non-hydrogen) atoms. The molecule has 182 valence electrons. The van der Waals surface area contributed by atoms with E-state index >= 15 is 0 Å². The molecule has 0 bridgehead atoms. The van der Waals surface area contributed by atoms with Crippen LogP contribution in [-0.4, -0.2) is 42.9 Å². The highest BCUT2D eigenvalue weighted by Gasteiger charge is 2.33. The summed E-state index contributed by atoms with van der Waals surface area (Å²) in [6, 6.07) is 3.32. The van der Waals surface area contributed by atoms with Crippen molar-refractivity contribution in [2.75, 3.05) is 19.8 Å². The van der Waals surface area contributed by atoms with E-state index in [1.165, 1.54) is 23.5 Å². The number of carbonyl (C=O) groups is 1. The van der Waals surface area contributed by atoms with E-state index in [9.17, 15) is 9.18 Å². The number of aromatic nitrogens is 1. The third kappa shape index (κ3) is 6.02. The largest absolute Gasteiger partial charge is 0.463 e. The van der Waals surface area contributed by atoms with Gasteiger partial charge in [-0.1, -0.05) is 17.7 Å². The third-order valence-corrected chi connectivity index (χ3v) is 6.63.